The van der Waals surface area contributed by atoms with Gasteiger partial charge in [0.15, 0.2) is 9.84 Å². The predicted molar refractivity (Wildman–Crippen MR) is 71.8 cm³/mol. The van der Waals surface area contributed by atoms with Crippen LogP contribution in [0.5, 0.6) is 0 Å². The van der Waals surface area contributed by atoms with Crippen molar-refractivity contribution in [1.82, 2.24) is 0 Å². The zero-order valence-electron chi connectivity index (χ0n) is 10.6. The first kappa shape index (κ1) is 16.6. The number of hydrogen-bond acceptors (Lipinski definition) is 4. The van der Waals surface area contributed by atoms with Gasteiger partial charge >= 0.3 is 0 Å². The average Bonchev–Trinajstić information content (AvgIpc) is 2.26. The third kappa shape index (κ3) is 5.28. The van der Waals surface area contributed by atoms with Crippen molar-refractivity contribution in [1.29, 1.82) is 0 Å². The summed E-state index contributed by atoms with van der Waals surface area (Å²) >= 11 is 0. The summed E-state index contributed by atoms with van der Waals surface area (Å²) in [6.45, 7) is 1.43. The Morgan fingerprint density at radius 2 is 1.70 bits per heavy atom. The van der Waals surface area contributed by atoms with E-state index in [4.69, 9.17) is 4.55 Å². The van der Waals surface area contributed by atoms with Gasteiger partial charge in [-0.15, -0.1) is 5.92 Å². The maximum Gasteiger partial charge on any atom is 0.266 e. The molecule has 1 rings (SSSR count). The summed E-state index contributed by atoms with van der Waals surface area (Å²) in [4.78, 5) is -0.128. The molecule has 1 unspecified atom stereocenters. The van der Waals surface area contributed by atoms with Crippen molar-refractivity contribution in [2.24, 2.45) is 5.92 Å². The van der Waals surface area contributed by atoms with E-state index in [1.165, 1.54) is 6.92 Å². The summed E-state index contributed by atoms with van der Waals surface area (Å²) in [6, 6.07) is 4.18. The van der Waals surface area contributed by atoms with E-state index in [9.17, 15) is 21.2 Å². The van der Waals surface area contributed by atoms with E-state index in [0.717, 1.165) is 24.3 Å². The molecule has 0 aliphatic carbocycles. The van der Waals surface area contributed by atoms with Crippen LogP contribution in [-0.2, 0) is 20.0 Å². The quantitative estimate of drug-likeness (QED) is 0.499. The molecule has 1 aromatic rings. The minimum absolute atomic E-state index is 0.128. The number of halogens is 1. The molecule has 1 atom stereocenters. The van der Waals surface area contributed by atoms with Gasteiger partial charge in [-0.2, -0.15) is 8.42 Å². The molecule has 110 valence electrons. The predicted octanol–water partition coefficient (Wildman–Crippen LogP) is 1.13. The van der Waals surface area contributed by atoms with E-state index < -0.39 is 43.2 Å². The molecule has 0 fully saturated rings. The highest BCUT2D eigenvalue weighted by molar-refractivity contribution is 7.91. The molecule has 0 aromatic heterocycles. The normalized spacial score (nSPS) is 13.3. The first-order valence-electron chi connectivity index (χ1n) is 5.50. The lowest BCUT2D eigenvalue weighted by molar-refractivity contribution is 0.478. The van der Waals surface area contributed by atoms with Crippen LogP contribution in [0.1, 0.15) is 6.92 Å². The van der Waals surface area contributed by atoms with E-state index in [1.54, 1.807) is 0 Å². The lowest BCUT2D eigenvalue weighted by Gasteiger charge is -2.10. The molecule has 0 radical (unpaired) electrons. The fraction of sp³-hybridized carbons (Fsp3) is 0.333. The van der Waals surface area contributed by atoms with Crippen LogP contribution in [0.4, 0.5) is 4.39 Å². The van der Waals surface area contributed by atoms with Gasteiger partial charge in [-0.1, -0.05) is 5.92 Å². The standard InChI is InChI=1S/C12H13FO5S2/c1-2-3-10(9-20(16,17)18)8-19(14,15)12-6-4-11(13)5-7-12/h4-7,10H,8-9H2,1H3,(H,16,17,18). The van der Waals surface area contributed by atoms with Gasteiger partial charge in [-0.05, 0) is 31.2 Å². The van der Waals surface area contributed by atoms with Crippen molar-refractivity contribution < 1.29 is 25.8 Å². The molecule has 0 amide bonds. The van der Waals surface area contributed by atoms with Gasteiger partial charge in [-0.25, -0.2) is 12.8 Å². The van der Waals surface area contributed by atoms with E-state index in [0.29, 0.717) is 0 Å². The Morgan fingerprint density at radius 3 is 2.15 bits per heavy atom. The molecule has 1 N–H and O–H groups in total. The molecule has 1 aromatic carbocycles. The SMILES string of the molecule is CC#CC(CS(=O)(=O)O)CS(=O)(=O)c1ccc(F)cc1. The molecule has 0 heterocycles. The monoisotopic (exact) mass is 320 g/mol. The zero-order valence-corrected chi connectivity index (χ0v) is 12.2. The second kappa shape index (κ2) is 6.35. The summed E-state index contributed by atoms with van der Waals surface area (Å²) < 4.78 is 67.3. The van der Waals surface area contributed by atoms with Crippen LogP contribution >= 0.6 is 0 Å². The van der Waals surface area contributed by atoms with Crippen LogP contribution in [0, 0.1) is 23.6 Å². The first-order chi connectivity index (χ1) is 9.14. The van der Waals surface area contributed by atoms with Gasteiger partial charge in [0.1, 0.15) is 5.82 Å². The lowest BCUT2D eigenvalue weighted by atomic mass is 10.2. The Bertz CT molecular complexity index is 724. The van der Waals surface area contributed by atoms with Crippen LogP contribution in [0.3, 0.4) is 0 Å². The topological polar surface area (TPSA) is 88.5 Å². The maximum absolute atomic E-state index is 12.8. The molecule has 8 heteroatoms. The molecule has 5 nitrogen and oxygen atoms in total. The van der Waals surface area contributed by atoms with Crippen molar-refractivity contribution in [2.45, 2.75) is 11.8 Å². The highest BCUT2D eigenvalue weighted by Gasteiger charge is 2.24. The van der Waals surface area contributed by atoms with Crippen molar-refractivity contribution in [3.8, 4) is 11.8 Å². The van der Waals surface area contributed by atoms with Gasteiger partial charge in [0.25, 0.3) is 10.1 Å². The van der Waals surface area contributed by atoms with Gasteiger partial charge in [-0.3, -0.25) is 4.55 Å². The molecule has 0 bridgehead atoms. The number of sulfone groups is 1. The lowest BCUT2D eigenvalue weighted by Crippen LogP contribution is -2.22. The largest absolute Gasteiger partial charge is 0.286 e. The highest BCUT2D eigenvalue weighted by atomic mass is 32.2. The van der Waals surface area contributed by atoms with Gasteiger partial charge < -0.3 is 0 Å². The number of hydrogen-bond donors (Lipinski definition) is 1. The minimum Gasteiger partial charge on any atom is -0.286 e. The van der Waals surface area contributed by atoms with Crippen LogP contribution in [0.2, 0.25) is 0 Å². The second-order valence-electron chi connectivity index (χ2n) is 4.08. The fourth-order valence-electron chi connectivity index (χ4n) is 1.59. The molecule has 0 aliphatic rings. The molecule has 20 heavy (non-hydrogen) atoms. The third-order valence-electron chi connectivity index (χ3n) is 2.35. The van der Waals surface area contributed by atoms with Crippen molar-refractivity contribution in [3.63, 3.8) is 0 Å². The fourth-order valence-corrected chi connectivity index (χ4v) is 3.93. The highest BCUT2D eigenvalue weighted by Crippen LogP contribution is 2.15. The minimum atomic E-state index is -4.33. The average molecular weight is 320 g/mol. The van der Waals surface area contributed by atoms with E-state index >= 15 is 0 Å². The molecule has 0 aliphatic heterocycles. The Hall–Kier alpha value is -1.43. The van der Waals surface area contributed by atoms with Gasteiger partial charge in [0.2, 0.25) is 0 Å². The molecule has 0 saturated carbocycles. The molecule has 0 saturated heterocycles. The maximum atomic E-state index is 12.8. The third-order valence-corrected chi connectivity index (χ3v) is 5.01. The Labute approximate surface area is 117 Å². The van der Waals surface area contributed by atoms with Crippen molar-refractivity contribution in [3.05, 3.63) is 30.1 Å². The first-order valence-corrected chi connectivity index (χ1v) is 8.76. The Morgan fingerprint density at radius 1 is 1.15 bits per heavy atom. The van der Waals surface area contributed by atoms with Gasteiger partial charge in [0.05, 0.1) is 22.3 Å². The summed E-state index contributed by atoms with van der Waals surface area (Å²) in [5.74, 6) is 1.89. The van der Waals surface area contributed by atoms with E-state index in [2.05, 4.69) is 11.8 Å². The molecular weight excluding hydrogens is 307 g/mol. The van der Waals surface area contributed by atoms with Crippen molar-refractivity contribution in [2.75, 3.05) is 11.5 Å². The van der Waals surface area contributed by atoms with Crippen LogP contribution < -0.4 is 0 Å². The van der Waals surface area contributed by atoms with Crippen LogP contribution in [0.15, 0.2) is 29.2 Å². The van der Waals surface area contributed by atoms with E-state index in [1.807, 2.05) is 0 Å². The number of rotatable bonds is 5. The summed E-state index contributed by atoms with van der Waals surface area (Å²) in [7, 11) is -8.15. The van der Waals surface area contributed by atoms with E-state index in [-0.39, 0.29) is 4.90 Å². The molecular formula is C12H13FO5S2. The summed E-state index contributed by atoms with van der Waals surface area (Å²) in [6.07, 6.45) is 0. The zero-order chi connectivity index (χ0) is 15.4. The Balaban J connectivity index is 3.02. The summed E-state index contributed by atoms with van der Waals surface area (Å²) in [5.41, 5.74) is 0. The molecule has 0 spiro atoms. The van der Waals surface area contributed by atoms with Crippen LogP contribution in [-0.4, -0.2) is 32.9 Å². The van der Waals surface area contributed by atoms with Crippen molar-refractivity contribution >= 4 is 20.0 Å². The number of benzene rings is 1. The second-order valence-corrected chi connectivity index (χ2v) is 7.61. The Kier molecular flexibility index (Phi) is 5.28. The van der Waals surface area contributed by atoms with Gasteiger partial charge in [0, 0.05) is 0 Å². The summed E-state index contributed by atoms with van der Waals surface area (Å²) in [5, 5.41) is 0. The smallest absolute Gasteiger partial charge is 0.266 e. The van der Waals surface area contributed by atoms with Crippen LogP contribution in [0.25, 0.3) is 0 Å².